The lowest BCUT2D eigenvalue weighted by atomic mass is 9.92. The van der Waals surface area contributed by atoms with Crippen LogP contribution in [0.3, 0.4) is 0 Å². The first kappa shape index (κ1) is 21.6. The number of methoxy groups -OCH3 is 1. The minimum atomic E-state index is -0.354. The molecule has 1 aromatic carbocycles. The first-order valence-corrected chi connectivity index (χ1v) is 11.3. The van der Waals surface area contributed by atoms with E-state index in [1.54, 1.807) is 12.0 Å². The van der Waals surface area contributed by atoms with Crippen LogP contribution in [0.2, 0.25) is 0 Å². The fourth-order valence-corrected chi connectivity index (χ4v) is 5.01. The molecule has 3 rings (SSSR count). The Bertz CT molecular complexity index is 647. The second-order valence-electron chi connectivity index (χ2n) is 8.24. The third kappa shape index (κ3) is 5.94. The van der Waals surface area contributed by atoms with Crippen LogP contribution < -0.4 is 4.74 Å². The van der Waals surface area contributed by atoms with Crippen LogP contribution in [0.4, 0.5) is 0 Å². The van der Waals surface area contributed by atoms with E-state index in [1.807, 2.05) is 6.07 Å². The Kier molecular flexibility index (Phi) is 8.18. The summed E-state index contributed by atoms with van der Waals surface area (Å²) >= 11 is 3.68. The number of rotatable bonds is 8. The Morgan fingerprint density at radius 2 is 1.96 bits per heavy atom. The predicted octanol–water partition coefficient (Wildman–Crippen LogP) is 3.33. The summed E-state index contributed by atoms with van der Waals surface area (Å²) in [6.07, 6.45) is 7.03. The topological polar surface area (TPSA) is 53.0 Å². The normalized spacial score (nSPS) is 21.2. The summed E-state index contributed by atoms with van der Waals surface area (Å²) in [7, 11) is 1.72. The summed E-state index contributed by atoms with van der Waals surface area (Å²) in [4.78, 5) is 16.0. The van der Waals surface area contributed by atoms with Crippen molar-refractivity contribution in [1.82, 2.24) is 9.80 Å². The molecule has 0 radical (unpaired) electrons. The number of ether oxygens (including phenoxy) is 1. The molecule has 0 aromatic heterocycles. The number of aliphatic hydroxyl groups excluding tert-OH is 1. The van der Waals surface area contributed by atoms with Crippen molar-refractivity contribution in [3.05, 3.63) is 28.2 Å². The number of hydrogen-bond donors (Lipinski definition) is 1. The van der Waals surface area contributed by atoms with Gasteiger partial charge in [-0.1, -0.05) is 15.9 Å². The minimum absolute atomic E-state index is 0.121. The van der Waals surface area contributed by atoms with Crippen molar-refractivity contribution in [3.63, 3.8) is 0 Å². The van der Waals surface area contributed by atoms with E-state index < -0.39 is 0 Å². The van der Waals surface area contributed by atoms with Crippen LogP contribution in [0.5, 0.6) is 5.75 Å². The van der Waals surface area contributed by atoms with Crippen molar-refractivity contribution in [3.8, 4) is 5.75 Å². The molecule has 1 aromatic rings. The van der Waals surface area contributed by atoms with Crippen LogP contribution in [-0.2, 0) is 11.2 Å². The molecular weight excluding hydrogens is 420 g/mol. The summed E-state index contributed by atoms with van der Waals surface area (Å²) in [5.41, 5.74) is 1.34. The van der Waals surface area contributed by atoms with Crippen LogP contribution in [0.25, 0.3) is 0 Å². The fraction of sp³-hybridized carbons (Fsp3) is 0.682. The summed E-state index contributed by atoms with van der Waals surface area (Å²) in [5.74, 6) is 2.26. The highest BCUT2D eigenvalue weighted by Crippen LogP contribution is 2.29. The van der Waals surface area contributed by atoms with E-state index >= 15 is 0 Å². The minimum Gasteiger partial charge on any atom is -0.497 e. The molecule has 6 heteroatoms. The van der Waals surface area contributed by atoms with Gasteiger partial charge in [0.2, 0.25) is 5.91 Å². The summed E-state index contributed by atoms with van der Waals surface area (Å²) in [6.45, 7) is 4.85. The van der Waals surface area contributed by atoms with Crippen molar-refractivity contribution in [2.75, 3.05) is 46.4 Å². The predicted molar refractivity (Wildman–Crippen MR) is 115 cm³/mol. The number of nitrogens with zero attached hydrogens (tertiary/aromatic N) is 2. The third-order valence-electron chi connectivity index (χ3n) is 6.32. The highest BCUT2D eigenvalue weighted by molar-refractivity contribution is 9.10. The van der Waals surface area contributed by atoms with Gasteiger partial charge in [0.15, 0.2) is 0 Å². The molecule has 0 aliphatic carbocycles. The number of carbonyl (C=O) groups excluding carboxylic acids is 1. The first-order valence-electron chi connectivity index (χ1n) is 10.5. The van der Waals surface area contributed by atoms with Crippen LogP contribution in [-0.4, -0.2) is 67.3 Å². The Hall–Kier alpha value is -1.11. The van der Waals surface area contributed by atoms with Gasteiger partial charge in [-0.2, -0.15) is 0 Å². The van der Waals surface area contributed by atoms with Crippen LogP contribution in [0.15, 0.2) is 22.7 Å². The number of aliphatic hydroxyl groups is 1. The van der Waals surface area contributed by atoms with E-state index in [2.05, 4.69) is 33.0 Å². The Balaban J connectivity index is 1.35. The number of halogens is 1. The molecule has 1 atom stereocenters. The Morgan fingerprint density at radius 3 is 2.68 bits per heavy atom. The number of carbonyl (C=O) groups is 1. The van der Waals surface area contributed by atoms with Crippen LogP contribution in [0, 0.1) is 11.8 Å². The highest BCUT2D eigenvalue weighted by atomic mass is 79.9. The zero-order valence-electron chi connectivity index (χ0n) is 16.9. The van der Waals surface area contributed by atoms with E-state index in [0.717, 1.165) is 49.9 Å². The molecule has 156 valence electrons. The van der Waals surface area contributed by atoms with Crippen LogP contribution >= 0.6 is 15.9 Å². The molecule has 1 amide bonds. The molecule has 0 spiro atoms. The second kappa shape index (κ2) is 10.6. The van der Waals surface area contributed by atoms with Crippen LogP contribution in [0.1, 0.15) is 37.7 Å². The average molecular weight is 453 g/mol. The standard InChI is InChI=1S/C22H33BrN2O3/c1-28-20-4-5-21(23)19(14-20)13-18-6-10-24(15-18)9-2-3-17-7-11-25(12-8-17)22(27)16-26/h4-5,14,17-18,26H,2-3,6-13,15-16H2,1H3. The van der Waals surface area contributed by atoms with Gasteiger partial charge in [-0.05, 0) is 87.2 Å². The summed E-state index contributed by atoms with van der Waals surface area (Å²) in [5, 5.41) is 8.97. The fourth-order valence-electron chi connectivity index (χ4n) is 4.60. The van der Waals surface area contributed by atoms with Gasteiger partial charge in [0, 0.05) is 24.1 Å². The third-order valence-corrected chi connectivity index (χ3v) is 7.09. The SMILES string of the molecule is COc1ccc(Br)c(CC2CCN(CCCC3CCN(C(=O)CO)CC3)C2)c1. The van der Waals surface area contributed by atoms with Crippen molar-refractivity contribution < 1.29 is 14.6 Å². The lowest BCUT2D eigenvalue weighted by Crippen LogP contribution is -2.40. The van der Waals surface area contributed by atoms with Gasteiger partial charge in [0.05, 0.1) is 7.11 Å². The number of amides is 1. The van der Waals surface area contributed by atoms with Gasteiger partial charge in [0.25, 0.3) is 0 Å². The molecule has 2 aliphatic rings. The molecule has 2 fully saturated rings. The van der Waals surface area contributed by atoms with E-state index in [-0.39, 0.29) is 12.5 Å². The molecule has 28 heavy (non-hydrogen) atoms. The highest BCUT2D eigenvalue weighted by Gasteiger charge is 2.25. The lowest BCUT2D eigenvalue weighted by molar-refractivity contribution is -0.135. The smallest absolute Gasteiger partial charge is 0.248 e. The second-order valence-corrected chi connectivity index (χ2v) is 9.10. The molecule has 0 saturated carbocycles. The molecule has 0 bridgehead atoms. The molecule has 2 aliphatic heterocycles. The maximum atomic E-state index is 11.5. The van der Waals surface area contributed by atoms with Crippen molar-refractivity contribution in [2.45, 2.75) is 38.5 Å². The Morgan fingerprint density at radius 1 is 1.21 bits per heavy atom. The maximum Gasteiger partial charge on any atom is 0.248 e. The van der Waals surface area contributed by atoms with Gasteiger partial charge < -0.3 is 19.6 Å². The van der Waals surface area contributed by atoms with Gasteiger partial charge in [-0.25, -0.2) is 0 Å². The molecule has 1 N–H and O–H groups in total. The van der Waals surface area contributed by atoms with Crippen molar-refractivity contribution >= 4 is 21.8 Å². The average Bonchev–Trinajstić information content (AvgIpc) is 3.17. The summed E-state index contributed by atoms with van der Waals surface area (Å²) < 4.78 is 6.55. The van der Waals surface area contributed by atoms with Gasteiger partial charge in [-0.3, -0.25) is 4.79 Å². The number of likely N-dealkylation sites (tertiary alicyclic amines) is 2. The monoisotopic (exact) mass is 452 g/mol. The van der Waals surface area contributed by atoms with E-state index in [4.69, 9.17) is 9.84 Å². The quantitative estimate of drug-likeness (QED) is 0.656. The van der Waals surface area contributed by atoms with E-state index in [9.17, 15) is 4.79 Å². The van der Waals surface area contributed by atoms with Crippen molar-refractivity contribution in [2.24, 2.45) is 11.8 Å². The summed E-state index contributed by atoms with van der Waals surface area (Å²) in [6, 6.07) is 6.24. The first-order chi connectivity index (χ1) is 13.6. The van der Waals surface area contributed by atoms with Crippen molar-refractivity contribution in [1.29, 1.82) is 0 Å². The van der Waals surface area contributed by atoms with Gasteiger partial charge >= 0.3 is 0 Å². The molecule has 2 saturated heterocycles. The Labute approximate surface area is 177 Å². The van der Waals surface area contributed by atoms with Gasteiger partial charge in [-0.15, -0.1) is 0 Å². The maximum absolute atomic E-state index is 11.5. The molecule has 2 heterocycles. The largest absolute Gasteiger partial charge is 0.497 e. The number of piperidine rings is 1. The van der Waals surface area contributed by atoms with E-state index in [1.165, 1.54) is 48.9 Å². The van der Waals surface area contributed by atoms with E-state index in [0.29, 0.717) is 0 Å². The molecular formula is C22H33BrN2O3. The van der Waals surface area contributed by atoms with Gasteiger partial charge in [0.1, 0.15) is 12.4 Å². The number of benzene rings is 1. The lowest BCUT2D eigenvalue weighted by Gasteiger charge is -2.32. The molecule has 1 unspecified atom stereocenters. The zero-order valence-corrected chi connectivity index (χ0v) is 18.5. The zero-order chi connectivity index (χ0) is 19.9. The number of hydrogen-bond acceptors (Lipinski definition) is 4. The molecule has 5 nitrogen and oxygen atoms in total.